The highest BCUT2D eigenvalue weighted by atomic mass is 16.3. The van der Waals surface area contributed by atoms with Crippen LogP contribution in [-0.4, -0.2) is 11.2 Å². The van der Waals surface area contributed by atoms with Gasteiger partial charge >= 0.3 is 0 Å². The number of aliphatic hydroxyl groups is 1. The molecule has 0 aromatic rings. The summed E-state index contributed by atoms with van der Waals surface area (Å²) in [5.74, 6) is 2.21. The van der Waals surface area contributed by atoms with Crippen LogP contribution in [0.1, 0.15) is 65.2 Å². The summed E-state index contributed by atoms with van der Waals surface area (Å²) in [6, 6.07) is 0. The minimum atomic E-state index is -0.0727. The van der Waals surface area contributed by atoms with E-state index in [0.717, 1.165) is 18.3 Å². The maximum absolute atomic E-state index is 10.5. The van der Waals surface area contributed by atoms with Gasteiger partial charge in [-0.25, -0.2) is 0 Å². The smallest absolute Gasteiger partial charge is 0.0596 e. The largest absolute Gasteiger partial charge is 0.393 e. The van der Waals surface area contributed by atoms with Crippen LogP contribution in [0.25, 0.3) is 0 Å². The van der Waals surface area contributed by atoms with Crippen LogP contribution in [-0.2, 0) is 0 Å². The molecule has 6 atom stereocenters. The average molecular weight is 312 g/mol. The molecule has 0 heterocycles. The molecule has 2 fully saturated rings. The number of hydrogen-bond donors (Lipinski definition) is 1. The van der Waals surface area contributed by atoms with Crippen molar-refractivity contribution in [2.24, 2.45) is 28.6 Å². The molecule has 0 aromatic carbocycles. The van der Waals surface area contributed by atoms with E-state index in [-0.39, 0.29) is 16.9 Å². The topological polar surface area (TPSA) is 20.2 Å². The van der Waals surface area contributed by atoms with E-state index in [9.17, 15) is 5.11 Å². The van der Waals surface area contributed by atoms with Gasteiger partial charge in [-0.15, -0.1) is 6.58 Å². The Labute approximate surface area is 141 Å². The summed E-state index contributed by atoms with van der Waals surface area (Å²) in [6.45, 7) is 8.94. The molecule has 3 unspecified atom stereocenters. The quantitative estimate of drug-likeness (QED) is 0.675. The maximum Gasteiger partial charge on any atom is 0.0596 e. The van der Waals surface area contributed by atoms with Gasteiger partial charge in [0, 0.05) is 5.41 Å². The molecule has 126 valence electrons. The van der Waals surface area contributed by atoms with Crippen molar-refractivity contribution in [1.29, 1.82) is 0 Å². The monoisotopic (exact) mass is 312 g/mol. The van der Waals surface area contributed by atoms with Gasteiger partial charge in [-0.05, 0) is 80.1 Å². The zero-order valence-electron chi connectivity index (χ0n) is 14.9. The predicted molar refractivity (Wildman–Crippen MR) is 96.0 cm³/mol. The average Bonchev–Trinajstić information content (AvgIpc) is 2.89. The van der Waals surface area contributed by atoms with Gasteiger partial charge in [0.25, 0.3) is 0 Å². The Morgan fingerprint density at radius 1 is 1.26 bits per heavy atom. The number of allylic oxidation sites excluding steroid dienone is 5. The molecule has 1 heteroatoms. The second-order valence-electron chi connectivity index (χ2n) is 8.81. The van der Waals surface area contributed by atoms with Gasteiger partial charge in [0.15, 0.2) is 0 Å². The normalized spacial score (nSPS) is 48.7. The first kappa shape index (κ1) is 15.7. The molecule has 0 aromatic heterocycles. The third-order valence-electron chi connectivity index (χ3n) is 8.23. The zero-order chi connectivity index (χ0) is 16.2. The third-order valence-corrected chi connectivity index (χ3v) is 8.23. The molecule has 0 bridgehead atoms. The molecule has 0 saturated heterocycles. The Kier molecular flexibility index (Phi) is 3.65. The highest BCUT2D eigenvalue weighted by Crippen LogP contribution is 2.64. The maximum atomic E-state index is 10.5. The number of rotatable bonds is 2. The summed E-state index contributed by atoms with van der Waals surface area (Å²) in [5.41, 5.74) is 3.58. The zero-order valence-corrected chi connectivity index (χ0v) is 14.9. The Bertz CT molecular complexity index is 571. The number of aliphatic hydroxyl groups excluding tert-OH is 1. The Morgan fingerprint density at radius 3 is 2.83 bits per heavy atom. The number of hydrogen-bond acceptors (Lipinski definition) is 1. The van der Waals surface area contributed by atoms with E-state index in [1.54, 1.807) is 11.1 Å². The molecule has 4 aliphatic rings. The van der Waals surface area contributed by atoms with Crippen LogP contribution in [0, 0.1) is 28.6 Å². The minimum absolute atomic E-state index is 0.0727. The van der Waals surface area contributed by atoms with Crippen molar-refractivity contribution in [2.75, 3.05) is 0 Å². The Morgan fingerprint density at radius 2 is 2.09 bits per heavy atom. The third kappa shape index (κ3) is 2.02. The van der Waals surface area contributed by atoms with E-state index < -0.39 is 0 Å². The molecule has 4 aliphatic carbocycles. The lowest BCUT2D eigenvalue weighted by molar-refractivity contribution is -0.0569. The highest BCUT2D eigenvalue weighted by Gasteiger charge is 2.58. The van der Waals surface area contributed by atoms with E-state index >= 15 is 0 Å². The van der Waals surface area contributed by atoms with E-state index in [2.05, 4.69) is 38.7 Å². The van der Waals surface area contributed by atoms with E-state index in [1.165, 1.54) is 44.9 Å². The van der Waals surface area contributed by atoms with Crippen molar-refractivity contribution in [3.05, 3.63) is 36.0 Å². The summed E-state index contributed by atoms with van der Waals surface area (Å²) in [4.78, 5) is 0. The van der Waals surface area contributed by atoms with Crippen molar-refractivity contribution in [1.82, 2.24) is 0 Å². The van der Waals surface area contributed by atoms with E-state index in [4.69, 9.17) is 0 Å². The lowest BCUT2D eigenvalue weighted by Gasteiger charge is -2.57. The van der Waals surface area contributed by atoms with Gasteiger partial charge in [0.1, 0.15) is 0 Å². The fraction of sp³-hybridized carbons (Fsp3) is 0.727. The van der Waals surface area contributed by atoms with Gasteiger partial charge in [0.05, 0.1) is 6.10 Å². The second-order valence-corrected chi connectivity index (χ2v) is 8.81. The first-order valence-corrected chi connectivity index (χ1v) is 9.77. The fourth-order valence-corrected chi connectivity index (χ4v) is 6.73. The van der Waals surface area contributed by atoms with Gasteiger partial charge in [-0.2, -0.15) is 0 Å². The lowest BCUT2D eigenvalue weighted by Crippen LogP contribution is -2.50. The Hall–Kier alpha value is -0.820. The van der Waals surface area contributed by atoms with Crippen LogP contribution in [0.3, 0.4) is 0 Å². The molecule has 2 saturated carbocycles. The fourth-order valence-electron chi connectivity index (χ4n) is 6.73. The summed E-state index contributed by atoms with van der Waals surface area (Å²) >= 11 is 0. The molecule has 23 heavy (non-hydrogen) atoms. The van der Waals surface area contributed by atoms with Crippen molar-refractivity contribution < 1.29 is 5.11 Å². The SMILES string of the molecule is C=C[C@]12CCC(CC)=CC1=CCC1C2CC[C@@]2(C)C1CC[C@@H]2O. The van der Waals surface area contributed by atoms with Crippen LogP contribution in [0.4, 0.5) is 0 Å². The molecule has 0 amide bonds. The van der Waals surface area contributed by atoms with Crippen LogP contribution >= 0.6 is 0 Å². The molecule has 0 radical (unpaired) electrons. The van der Waals surface area contributed by atoms with Crippen molar-refractivity contribution in [2.45, 2.75) is 71.3 Å². The molecular weight excluding hydrogens is 280 g/mol. The molecule has 4 rings (SSSR count). The predicted octanol–water partition coefficient (Wildman–Crippen LogP) is 5.42. The molecule has 1 nitrogen and oxygen atoms in total. The van der Waals surface area contributed by atoms with E-state index in [1.807, 2.05) is 0 Å². The second kappa shape index (κ2) is 5.34. The van der Waals surface area contributed by atoms with Gasteiger partial charge in [-0.3, -0.25) is 0 Å². The standard InChI is InChI=1S/C22H32O/c1-4-15-10-13-22(5-2)16(14-15)6-7-17-18-8-9-20(23)21(18,3)12-11-19(17)22/h5-6,14,17-20,23H,2,4,7-13H2,1,3H3/t17?,18?,19?,20-,21-,22-/m0/s1. The van der Waals surface area contributed by atoms with Crippen molar-refractivity contribution in [3.63, 3.8) is 0 Å². The van der Waals surface area contributed by atoms with Crippen molar-refractivity contribution >= 4 is 0 Å². The minimum Gasteiger partial charge on any atom is -0.393 e. The van der Waals surface area contributed by atoms with Crippen LogP contribution in [0.5, 0.6) is 0 Å². The summed E-state index contributed by atoms with van der Waals surface area (Å²) in [5, 5.41) is 10.5. The molecule has 1 N–H and O–H groups in total. The summed E-state index contributed by atoms with van der Waals surface area (Å²) < 4.78 is 0. The first-order valence-electron chi connectivity index (χ1n) is 9.77. The van der Waals surface area contributed by atoms with Crippen LogP contribution in [0.2, 0.25) is 0 Å². The van der Waals surface area contributed by atoms with E-state index in [0.29, 0.717) is 5.92 Å². The number of fused-ring (bicyclic) bond motifs is 5. The summed E-state index contributed by atoms with van der Waals surface area (Å²) in [6.07, 6.45) is 16.9. The highest BCUT2D eigenvalue weighted by molar-refractivity contribution is 5.41. The van der Waals surface area contributed by atoms with Crippen LogP contribution in [0.15, 0.2) is 36.0 Å². The first-order chi connectivity index (χ1) is 11.0. The summed E-state index contributed by atoms with van der Waals surface area (Å²) in [7, 11) is 0. The van der Waals surface area contributed by atoms with Crippen molar-refractivity contribution in [3.8, 4) is 0 Å². The van der Waals surface area contributed by atoms with Gasteiger partial charge < -0.3 is 5.11 Å². The van der Waals surface area contributed by atoms with Gasteiger partial charge in [-0.1, -0.05) is 37.6 Å². The molecular formula is C22H32O. The molecule has 0 aliphatic heterocycles. The van der Waals surface area contributed by atoms with Crippen LogP contribution < -0.4 is 0 Å². The molecule has 0 spiro atoms. The van der Waals surface area contributed by atoms with Gasteiger partial charge in [0.2, 0.25) is 0 Å². The lowest BCUT2D eigenvalue weighted by atomic mass is 9.48. The Balaban J connectivity index is 1.73.